The predicted octanol–water partition coefficient (Wildman–Crippen LogP) is 2.78. The zero-order valence-corrected chi connectivity index (χ0v) is 15.1. The molecule has 2 atom stereocenters. The van der Waals surface area contributed by atoms with E-state index < -0.39 is 11.4 Å². The van der Waals surface area contributed by atoms with Crippen molar-refractivity contribution in [3.63, 3.8) is 0 Å². The Labute approximate surface area is 151 Å². The summed E-state index contributed by atoms with van der Waals surface area (Å²) in [5.74, 6) is -0.539. The van der Waals surface area contributed by atoms with Crippen LogP contribution in [0, 0.1) is 5.82 Å². The summed E-state index contributed by atoms with van der Waals surface area (Å²) in [5.41, 5.74) is 0.00891. The van der Waals surface area contributed by atoms with E-state index in [4.69, 9.17) is 4.74 Å². The molecule has 0 bridgehead atoms. The Morgan fingerprint density at radius 3 is 2.38 bits per heavy atom. The number of nitrogens with zero attached hydrogens (tertiary/aromatic N) is 3. The standard InChI is InChI=1S/C19H22FN3O3/c1-12-5-4-6-13(2)22(12)19(25)18-16(26-3)11-17(24)23(21-18)15-9-7-14(20)8-10-15/h7-13H,4-6H2,1-3H3/t12-,13-/m1/s1. The van der Waals surface area contributed by atoms with Gasteiger partial charge in [0.05, 0.1) is 18.9 Å². The lowest BCUT2D eigenvalue weighted by Crippen LogP contribution is -2.48. The lowest BCUT2D eigenvalue weighted by atomic mass is 9.97. The summed E-state index contributed by atoms with van der Waals surface area (Å²) in [5, 5.41) is 4.25. The van der Waals surface area contributed by atoms with Crippen molar-refractivity contribution in [1.82, 2.24) is 14.7 Å². The highest BCUT2D eigenvalue weighted by atomic mass is 19.1. The molecule has 1 fully saturated rings. The van der Waals surface area contributed by atoms with E-state index >= 15 is 0 Å². The Kier molecular flexibility index (Phi) is 5.06. The number of carbonyl (C=O) groups is 1. The van der Waals surface area contributed by atoms with Gasteiger partial charge in [0.2, 0.25) is 0 Å². The molecule has 1 aliphatic rings. The van der Waals surface area contributed by atoms with Crippen LogP contribution in [0.25, 0.3) is 5.69 Å². The number of aromatic nitrogens is 2. The number of methoxy groups -OCH3 is 1. The number of piperidine rings is 1. The first-order valence-corrected chi connectivity index (χ1v) is 8.69. The van der Waals surface area contributed by atoms with Crippen LogP contribution in [-0.2, 0) is 0 Å². The van der Waals surface area contributed by atoms with Gasteiger partial charge in [0.15, 0.2) is 11.4 Å². The first kappa shape index (κ1) is 18.1. The minimum absolute atomic E-state index is 0.0806. The van der Waals surface area contributed by atoms with Crippen LogP contribution in [0.4, 0.5) is 4.39 Å². The van der Waals surface area contributed by atoms with Crippen molar-refractivity contribution in [2.45, 2.75) is 45.2 Å². The Hall–Kier alpha value is -2.70. The third-order valence-corrected chi connectivity index (χ3v) is 4.82. The van der Waals surface area contributed by atoms with Crippen molar-refractivity contribution < 1.29 is 13.9 Å². The van der Waals surface area contributed by atoms with Crippen molar-refractivity contribution in [3.05, 3.63) is 52.2 Å². The summed E-state index contributed by atoms with van der Waals surface area (Å²) >= 11 is 0. The van der Waals surface area contributed by atoms with E-state index in [1.165, 1.54) is 37.4 Å². The summed E-state index contributed by atoms with van der Waals surface area (Å²) in [7, 11) is 1.40. The summed E-state index contributed by atoms with van der Waals surface area (Å²) in [6, 6.07) is 6.78. The summed E-state index contributed by atoms with van der Waals surface area (Å²) < 4.78 is 19.5. The molecular formula is C19H22FN3O3. The topological polar surface area (TPSA) is 64.4 Å². The number of carbonyl (C=O) groups excluding carboxylic acids is 1. The second-order valence-corrected chi connectivity index (χ2v) is 6.63. The van der Waals surface area contributed by atoms with Gasteiger partial charge in [0.1, 0.15) is 5.82 Å². The summed E-state index contributed by atoms with van der Waals surface area (Å²) in [4.78, 5) is 27.3. The molecule has 1 amide bonds. The molecule has 2 heterocycles. The average Bonchev–Trinajstić information content (AvgIpc) is 2.62. The monoisotopic (exact) mass is 359 g/mol. The van der Waals surface area contributed by atoms with Crippen LogP contribution in [0.5, 0.6) is 5.75 Å². The van der Waals surface area contributed by atoms with Crippen LogP contribution in [0.1, 0.15) is 43.6 Å². The van der Waals surface area contributed by atoms with Crippen LogP contribution < -0.4 is 10.3 Å². The second-order valence-electron chi connectivity index (χ2n) is 6.63. The molecule has 0 radical (unpaired) electrons. The minimum Gasteiger partial charge on any atom is -0.494 e. The van der Waals surface area contributed by atoms with Crippen molar-refractivity contribution in [2.75, 3.05) is 7.11 Å². The van der Waals surface area contributed by atoms with E-state index in [1.807, 2.05) is 13.8 Å². The molecule has 7 heteroatoms. The van der Waals surface area contributed by atoms with E-state index in [0.717, 1.165) is 23.9 Å². The molecule has 0 aliphatic carbocycles. The maximum atomic E-state index is 13.2. The third-order valence-electron chi connectivity index (χ3n) is 4.82. The van der Waals surface area contributed by atoms with Crippen molar-refractivity contribution in [2.24, 2.45) is 0 Å². The Balaban J connectivity index is 2.08. The van der Waals surface area contributed by atoms with Crippen LogP contribution >= 0.6 is 0 Å². The molecule has 6 nitrogen and oxygen atoms in total. The van der Waals surface area contributed by atoms with E-state index in [2.05, 4.69) is 5.10 Å². The van der Waals surface area contributed by atoms with Crippen molar-refractivity contribution >= 4 is 5.91 Å². The number of halogens is 1. The minimum atomic E-state index is -0.454. The number of rotatable bonds is 3. The number of benzene rings is 1. The van der Waals surface area contributed by atoms with Crippen LogP contribution in [-0.4, -0.2) is 39.8 Å². The molecule has 1 aliphatic heterocycles. The van der Waals surface area contributed by atoms with Crippen molar-refractivity contribution in [1.29, 1.82) is 0 Å². The first-order valence-electron chi connectivity index (χ1n) is 8.69. The highest BCUT2D eigenvalue weighted by molar-refractivity contribution is 5.95. The van der Waals surface area contributed by atoms with Gasteiger partial charge in [0.25, 0.3) is 11.5 Å². The zero-order chi connectivity index (χ0) is 18.8. The molecular weight excluding hydrogens is 337 g/mol. The van der Waals surface area contributed by atoms with Crippen molar-refractivity contribution in [3.8, 4) is 11.4 Å². The lowest BCUT2D eigenvalue weighted by molar-refractivity contribution is 0.0499. The Morgan fingerprint density at radius 1 is 1.19 bits per heavy atom. The zero-order valence-electron chi connectivity index (χ0n) is 15.1. The number of ether oxygens (including phenoxy) is 1. The molecule has 3 rings (SSSR count). The van der Waals surface area contributed by atoms with Gasteiger partial charge >= 0.3 is 0 Å². The largest absolute Gasteiger partial charge is 0.494 e. The molecule has 1 aromatic carbocycles. The molecule has 0 N–H and O–H groups in total. The van der Waals surface area contributed by atoms with E-state index in [-0.39, 0.29) is 29.4 Å². The smallest absolute Gasteiger partial charge is 0.278 e. The summed E-state index contributed by atoms with van der Waals surface area (Å²) in [6.07, 6.45) is 2.93. The fraction of sp³-hybridized carbons (Fsp3) is 0.421. The molecule has 138 valence electrons. The highest BCUT2D eigenvalue weighted by Crippen LogP contribution is 2.26. The van der Waals surface area contributed by atoms with Gasteiger partial charge in [-0.2, -0.15) is 9.78 Å². The van der Waals surface area contributed by atoms with Gasteiger partial charge in [-0.3, -0.25) is 9.59 Å². The first-order chi connectivity index (χ1) is 12.4. The van der Waals surface area contributed by atoms with Gasteiger partial charge < -0.3 is 9.64 Å². The van der Waals surface area contributed by atoms with E-state index in [0.29, 0.717) is 5.69 Å². The van der Waals surface area contributed by atoms with Gasteiger partial charge in [-0.05, 0) is 57.4 Å². The molecule has 1 aromatic heterocycles. The Bertz CT molecular complexity index is 853. The highest BCUT2D eigenvalue weighted by Gasteiger charge is 2.32. The molecule has 26 heavy (non-hydrogen) atoms. The molecule has 2 aromatic rings. The second kappa shape index (κ2) is 7.27. The predicted molar refractivity (Wildman–Crippen MR) is 95.3 cm³/mol. The number of amides is 1. The van der Waals surface area contributed by atoms with Gasteiger partial charge in [-0.25, -0.2) is 4.39 Å². The molecule has 0 saturated carbocycles. The van der Waals surface area contributed by atoms with Crippen LogP contribution in [0.3, 0.4) is 0 Å². The quantitative estimate of drug-likeness (QED) is 0.845. The maximum Gasteiger partial charge on any atom is 0.278 e. The normalized spacial score (nSPS) is 20.1. The fourth-order valence-electron chi connectivity index (χ4n) is 3.46. The van der Waals surface area contributed by atoms with Crippen LogP contribution in [0.2, 0.25) is 0 Å². The fourth-order valence-corrected chi connectivity index (χ4v) is 3.46. The van der Waals surface area contributed by atoms with Gasteiger partial charge in [-0.15, -0.1) is 0 Å². The maximum absolute atomic E-state index is 13.2. The molecule has 0 unspecified atom stereocenters. The molecule has 0 spiro atoms. The molecule has 1 saturated heterocycles. The summed E-state index contributed by atoms with van der Waals surface area (Å²) in [6.45, 7) is 4.02. The SMILES string of the molecule is COc1cc(=O)n(-c2ccc(F)cc2)nc1C(=O)N1[C@H](C)CCC[C@H]1C. The number of hydrogen-bond acceptors (Lipinski definition) is 4. The average molecular weight is 359 g/mol. The van der Waals surface area contributed by atoms with Gasteiger partial charge in [0, 0.05) is 12.1 Å². The van der Waals surface area contributed by atoms with Gasteiger partial charge in [-0.1, -0.05) is 0 Å². The van der Waals surface area contributed by atoms with Crippen LogP contribution in [0.15, 0.2) is 35.1 Å². The number of likely N-dealkylation sites (tertiary alicyclic amines) is 1. The third kappa shape index (κ3) is 3.34. The number of hydrogen-bond donors (Lipinski definition) is 0. The van der Waals surface area contributed by atoms with E-state index in [9.17, 15) is 14.0 Å². The Morgan fingerprint density at radius 2 is 1.81 bits per heavy atom. The lowest BCUT2D eigenvalue weighted by Gasteiger charge is -2.38. The van der Waals surface area contributed by atoms with E-state index in [1.54, 1.807) is 4.90 Å².